The molecule has 0 heterocycles. The zero-order valence-corrected chi connectivity index (χ0v) is 11.4. The van der Waals surface area contributed by atoms with Crippen LogP contribution in [0.2, 0.25) is 0 Å². The minimum atomic E-state index is -0.819. The molecule has 0 aromatic heterocycles. The van der Waals surface area contributed by atoms with E-state index in [2.05, 4.69) is 6.58 Å². The van der Waals surface area contributed by atoms with Gasteiger partial charge in [0, 0.05) is 6.42 Å². The number of hydrogen-bond acceptors (Lipinski definition) is 2. The summed E-state index contributed by atoms with van der Waals surface area (Å²) in [4.78, 5) is 11.5. The molecule has 0 aliphatic carbocycles. The first-order chi connectivity index (χ1) is 7.76. The highest BCUT2D eigenvalue weighted by Gasteiger charge is 2.13. The molecule has 0 amide bonds. The second-order valence-corrected chi connectivity index (χ2v) is 5.02. The van der Waals surface area contributed by atoms with E-state index in [9.17, 15) is 9.90 Å². The number of hydrogen-bond donors (Lipinski definition) is 1. The third kappa shape index (κ3) is 8.64. The van der Waals surface area contributed by atoms with Gasteiger partial charge in [-0.25, -0.2) is 0 Å². The van der Waals surface area contributed by atoms with Crippen molar-refractivity contribution >= 4 is 5.78 Å². The smallest absolute Gasteiger partial charge is 0.159 e. The molecule has 1 N–H and O–H groups in total. The van der Waals surface area contributed by atoms with E-state index in [0.29, 0.717) is 12.8 Å². The molecular formula is C15H24O2. The third-order valence-corrected chi connectivity index (χ3v) is 2.49. The van der Waals surface area contributed by atoms with Crippen molar-refractivity contribution in [1.29, 1.82) is 0 Å². The summed E-state index contributed by atoms with van der Waals surface area (Å²) < 4.78 is 0. The van der Waals surface area contributed by atoms with Crippen molar-refractivity contribution in [2.45, 2.75) is 52.6 Å². The van der Waals surface area contributed by atoms with Crippen LogP contribution in [0.5, 0.6) is 0 Å². The SMILES string of the molecule is C=C[C@@](C)(O)CCC=C(C)CC(=O)C=C(C)C. The van der Waals surface area contributed by atoms with Gasteiger partial charge in [-0.3, -0.25) is 4.79 Å². The van der Waals surface area contributed by atoms with Crippen LogP contribution >= 0.6 is 0 Å². The summed E-state index contributed by atoms with van der Waals surface area (Å²) in [5, 5.41) is 9.71. The van der Waals surface area contributed by atoms with E-state index in [4.69, 9.17) is 0 Å². The van der Waals surface area contributed by atoms with E-state index in [1.54, 1.807) is 19.1 Å². The Kier molecular flexibility index (Phi) is 6.74. The molecule has 0 aromatic rings. The molecule has 0 aromatic carbocycles. The van der Waals surface area contributed by atoms with Crippen LogP contribution in [0.3, 0.4) is 0 Å². The molecule has 0 rings (SSSR count). The Hall–Kier alpha value is -1.15. The standard InChI is InChI=1S/C15H24O2/c1-6-15(5,17)9-7-8-13(4)11-14(16)10-12(2)3/h6,8,10,17H,1,7,9,11H2,2-5H3/t15-/m1/s1. The Morgan fingerprint density at radius 3 is 2.41 bits per heavy atom. The van der Waals surface area contributed by atoms with Gasteiger partial charge in [-0.1, -0.05) is 23.3 Å². The Balaban J connectivity index is 4.16. The molecule has 1 atom stereocenters. The van der Waals surface area contributed by atoms with Crippen molar-refractivity contribution in [1.82, 2.24) is 0 Å². The Morgan fingerprint density at radius 1 is 1.35 bits per heavy atom. The molecule has 0 aliphatic heterocycles. The summed E-state index contributed by atoms with van der Waals surface area (Å²) in [5.74, 6) is 0.134. The molecule has 0 bridgehead atoms. The molecule has 2 heteroatoms. The van der Waals surface area contributed by atoms with Crippen LogP contribution in [-0.4, -0.2) is 16.5 Å². The van der Waals surface area contributed by atoms with Crippen LogP contribution in [0.1, 0.15) is 47.0 Å². The van der Waals surface area contributed by atoms with Gasteiger partial charge < -0.3 is 5.11 Å². The maximum absolute atomic E-state index is 11.5. The van der Waals surface area contributed by atoms with Crippen LogP contribution in [0.25, 0.3) is 0 Å². The molecule has 17 heavy (non-hydrogen) atoms. The van der Waals surface area contributed by atoms with Crippen molar-refractivity contribution in [2.75, 3.05) is 0 Å². The molecule has 0 fully saturated rings. The van der Waals surface area contributed by atoms with Gasteiger partial charge in [0.15, 0.2) is 5.78 Å². The van der Waals surface area contributed by atoms with Crippen molar-refractivity contribution in [3.63, 3.8) is 0 Å². The number of carbonyl (C=O) groups is 1. The van der Waals surface area contributed by atoms with Gasteiger partial charge in [0.1, 0.15) is 0 Å². The Morgan fingerprint density at radius 2 is 1.94 bits per heavy atom. The second-order valence-electron chi connectivity index (χ2n) is 5.02. The number of aliphatic hydroxyl groups is 1. The van der Waals surface area contributed by atoms with Gasteiger partial charge in [0.05, 0.1) is 5.60 Å². The van der Waals surface area contributed by atoms with E-state index in [1.807, 2.05) is 26.8 Å². The average molecular weight is 236 g/mol. The molecule has 0 unspecified atom stereocenters. The van der Waals surface area contributed by atoms with Gasteiger partial charge in [-0.15, -0.1) is 6.58 Å². The first-order valence-electron chi connectivity index (χ1n) is 5.96. The minimum Gasteiger partial charge on any atom is -0.386 e. The minimum absolute atomic E-state index is 0.134. The molecule has 0 spiro atoms. The number of carbonyl (C=O) groups excluding carboxylic acids is 1. The highest BCUT2D eigenvalue weighted by Crippen LogP contribution is 2.15. The van der Waals surface area contributed by atoms with Gasteiger partial charge in [-0.2, -0.15) is 0 Å². The van der Waals surface area contributed by atoms with Crippen LogP contribution in [-0.2, 0) is 4.79 Å². The lowest BCUT2D eigenvalue weighted by molar-refractivity contribution is -0.114. The van der Waals surface area contributed by atoms with E-state index in [-0.39, 0.29) is 5.78 Å². The van der Waals surface area contributed by atoms with E-state index < -0.39 is 5.60 Å². The first kappa shape index (κ1) is 15.9. The van der Waals surface area contributed by atoms with Gasteiger partial charge in [0.2, 0.25) is 0 Å². The summed E-state index contributed by atoms with van der Waals surface area (Å²) in [5.41, 5.74) is 1.26. The summed E-state index contributed by atoms with van der Waals surface area (Å²) in [6, 6.07) is 0. The monoisotopic (exact) mass is 236 g/mol. The van der Waals surface area contributed by atoms with Crippen molar-refractivity contribution < 1.29 is 9.90 Å². The van der Waals surface area contributed by atoms with Gasteiger partial charge in [0.25, 0.3) is 0 Å². The molecule has 2 nitrogen and oxygen atoms in total. The van der Waals surface area contributed by atoms with Crippen LogP contribution in [0, 0.1) is 0 Å². The van der Waals surface area contributed by atoms with Gasteiger partial charge >= 0.3 is 0 Å². The van der Waals surface area contributed by atoms with Crippen molar-refractivity contribution in [3.8, 4) is 0 Å². The normalized spacial score (nSPS) is 15.0. The lowest BCUT2D eigenvalue weighted by atomic mass is 9.99. The molecular weight excluding hydrogens is 212 g/mol. The third-order valence-electron chi connectivity index (χ3n) is 2.49. The first-order valence-corrected chi connectivity index (χ1v) is 5.96. The van der Waals surface area contributed by atoms with Crippen LogP contribution in [0.15, 0.2) is 36.0 Å². The summed E-state index contributed by atoms with van der Waals surface area (Å²) in [6.45, 7) is 11.1. The quantitative estimate of drug-likeness (QED) is 0.542. The van der Waals surface area contributed by atoms with E-state index in [1.165, 1.54) is 0 Å². The Bertz CT molecular complexity index is 329. The lowest BCUT2D eigenvalue weighted by Gasteiger charge is -2.16. The zero-order chi connectivity index (χ0) is 13.5. The fourth-order valence-electron chi connectivity index (χ4n) is 1.43. The number of rotatable bonds is 7. The summed E-state index contributed by atoms with van der Waals surface area (Å²) in [7, 11) is 0. The van der Waals surface area contributed by atoms with Crippen molar-refractivity contribution in [2.24, 2.45) is 0 Å². The maximum atomic E-state index is 11.5. The maximum Gasteiger partial charge on any atom is 0.159 e. The molecule has 96 valence electrons. The van der Waals surface area contributed by atoms with Gasteiger partial charge in [-0.05, 0) is 46.6 Å². The summed E-state index contributed by atoms with van der Waals surface area (Å²) in [6.07, 6.45) is 7.06. The largest absolute Gasteiger partial charge is 0.386 e. The molecule has 0 saturated heterocycles. The topological polar surface area (TPSA) is 37.3 Å². The fraction of sp³-hybridized carbons (Fsp3) is 0.533. The van der Waals surface area contributed by atoms with Crippen LogP contribution < -0.4 is 0 Å². The Labute approximate surface area is 105 Å². The highest BCUT2D eigenvalue weighted by atomic mass is 16.3. The van der Waals surface area contributed by atoms with Crippen LogP contribution in [0.4, 0.5) is 0 Å². The second kappa shape index (κ2) is 7.23. The molecule has 0 aliphatic rings. The van der Waals surface area contributed by atoms with E-state index >= 15 is 0 Å². The summed E-state index contributed by atoms with van der Waals surface area (Å²) >= 11 is 0. The van der Waals surface area contributed by atoms with Crippen molar-refractivity contribution in [3.05, 3.63) is 36.0 Å². The predicted octanol–water partition coefficient (Wildman–Crippen LogP) is 3.58. The average Bonchev–Trinajstić information content (AvgIpc) is 2.15. The number of allylic oxidation sites excluding steroid dienone is 4. The number of ketones is 1. The predicted molar refractivity (Wildman–Crippen MR) is 72.9 cm³/mol. The van der Waals surface area contributed by atoms with E-state index in [0.717, 1.165) is 17.6 Å². The highest BCUT2D eigenvalue weighted by molar-refractivity contribution is 5.91. The lowest BCUT2D eigenvalue weighted by Crippen LogP contribution is -2.19. The fourth-order valence-corrected chi connectivity index (χ4v) is 1.43. The molecule has 0 saturated carbocycles. The zero-order valence-electron chi connectivity index (χ0n) is 11.4. The molecule has 0 radical (unpaired) electrons.